The van der Waals surface area contributed by atoms with E-state index in [9.17, 15) is 4.79 Å². The van der Waals surface area contributed by atoms with Gasteiger partial charge < -0.3 is 30.3 Å². The highest BCUT2D eigenvalue weighted by atomic mass is 16.1. The van der Waals surface area contributed by atoms with Gasteiger partial charge in [0.05, 0.1) is 6.33 Å². The molecule has 2 saturated heterocycles. The first-order valence-electron chi connectivity index (χ1n) is 13.2. The second kappa shape index (κ2) is 11.2. The van der Waals surface area contributed by atoms with Gasteiger partial charge in [0.1, 0.15) is 0 Å². The van der Waals surface area contributed by atoms with Crippen LogP contribution in [0.3, 0.4) is 0 Å². The maximum absolute atomic E-state index is 9.47. The van der Waals surface area contributed by atoms with Crippen molar-refractivity contribution in [3.8, 4) is 0 Å². The standard InChI is InChI=1S/C24H32N8.C3H5NO/c1-29-13-15-30(16-14-29)19-9-7-18(8-10-19)26-22-21-23(32(17-25-21)20-5-4-6-20)28-24(27-22)31-11-2-3-12-31;1-2-3(4)5/h7-10,17,20H,2-6,11-16H2,1H3,(H,26,27,28);2H,1H2,(H2,4,5). The summed E-state index contributed by atoms with van der Waals surface area (Å²) in [6.45, 7) is 9.53. The van der Waals surface area contributed by atoms with Crippen LogP contribution < -0.4 is 20.9 Å². The Bertz CT molecular complexity index is 1220. The van der Waals surface area contributed by atoms with Crippen LogP contribution in [0.1, 0.15) is 38.1 Å². The molecule has 1 aliphatic carbocycles. The minimum Gasteiger partial charge on any atom is -0.369 e. The molecule has 10 heteroatoms. The molecule has 4 heterocycles. The summed E-state index contributed by atoms with van der Waals surface area (Å²) in [7, 11) is 2.19. The maximum Gasteiger partial charge on any atom is 0.240 e. The van der Waals surface area contributed by atoms with E-state index in [1.54, 1.807) is 0 Å². The van der Waals surface area contributed by atoms with Crippen molar-refractivity contribution in [1.82, 2.24) is 24.4 Å². The number of amides is 1. The number of carbonyl (C=O) groups is 1. The van der Waals surface area contributed by atoms with Crippen LogP contribution in [-0.2, 0) is 4.79 Å². The lowest BCUT2D eigenvalue weighted by atomic mass is 9.93. The van der Waals surface area contributed by atoms with Gasteiger partial charge in [-0.05, 0) is 69.5 Å². The van der Waals surface area contributed by atoms with E-state index in [0.717, 1.165) is 74.0 Å². The van der Waals surface area contributed by atoms with Crippen LogP contribution in [0.5, 0.6) is 0 Å². The summed E-state index contributed by atoms with van der Waals surface area (Å²) in [6, 6.07) is 9.25. The van der Waals surface area contributed by atoms with Gasteiger partial charge in [0.2, 0.25) is 11.9 Å². The van der Waals surface area contributed by atoms with Crippen LogP contribution in [0, 0.1) is 0 Å². The number of rotatable bonds is 6. The summed E-state index contributed by atoms with van der Waals surface area (Å²) < 4.78 is 2.27. The van der Waals surface area contributed by atoms with Crippen molar-refractivity contribution >= 4 is 40.2 Å². The number of hydrogen-bond donors (Lipinski definition) is 2. The lowest BCUT2D eigenvalue weighted by molar-refractivity contribution is -0.113. The molecule has 196 valence electrons. The third-order valence-corrected chi connectivity index (χ3v) is 7.47. The molecule has 3 aliphatic rings. The third kappa shape index (κ3) is 5.69. The molecule has 3 aromatic rings. The van der Waals surface area contributed by atoms with Crippen molar-refractivity contribution in [2.75, 3.05) is 61.4 Å². The van der Waals surface area contributed by atoms with E-state index >= 15 is 0 Å². The molecule has 0 radical (unpaired) electrons. The number of imidazole rings is 1. The molecule has 1 aromatic carbocycles. The number of piperazine rings is 1. The Morgan fingerprint density at radius 3 is 2.27 bits per heavy atom. The van der Waals surface area contributed by atoms with Crippen molar-refractivity contribution < 1.29 is 4.79 Å². The summed E-state index contributed by atoms with van der Waals surface area (Å²) in [5.41, 5.74) is 8.68. The van der Waals surface area contributed by atoms with E-state index in [1.807, 2.05) is 6.33 Å². The molecule has 0 unspecified atom stereocenters. The van der Waals surface area contributed by atoms with Crippen LogP contribution >= 0.6 is 0 Å². The van der Waals surface area contributed by atoms with E-state index in [1.165, 1.54) is 37.8 Å². The van der Waals surface area contributed by atoms with Gasteiger partial charge in [-0.1, -0.05) is 6.58 Å². The van der Waals surface area contributed by atoms with E-state index in [4.69, 9.17) is 15.0 Å². The molecule has 3 N–H and O–H groups in total. The lowest BCUT2D eigenvalue weighted by Crippen LogP contribution is -2.44. The van der Waals surface area contributed by atoms with Gasteiger partial charge in [-0.15, -0.1) is 0 Å². The molecular formula is C27H37N9O. The molecule has 0 bridgehead atoms. The minimum absolute atomic E-state index is 0.481. The number of likely N-dealkylation sites (N-methyl/N-ethyl adjacent to an activating group) is 1. The van der Waals surface area contributed by atoms with Crippen LogP contribution in [0.2, 0.25) is 0 Å². The molecular weight excluding hydrogens is 466 g/mol. The number of fused-ring (bicyclic) bond motifs is 1. The molecule has 37 heavy (non-hydrogen) atoms. The first-order valence-corrected chi connectivity index (χ1v) is 13.2. The fourth-order valence-corrected chi connectivity index (χ4v) is 4.94. The quantitative estimate of drug-likeness (QED) is 0.493. The first kappa shape index (κ1) is 25.0. The maximum atomic E-state index is 9.47. The largest absolute Gasteiger partial charge is 0.369 e. The van der Waals surface area contributed by atoms with Crippen molar-refractivity contribution in [3.63, 3.8) is 0 Å². The summed E-state index contributed by atoms with van der Waals surface area (Å²) >= 11 is 0. The number of aromatic nitrogens is 4. The predicted molar refractivity (Wildman–Crippen MR) is 148 cm³/mol. The number of anilines is 4. The highest BCUT2D eigenvalue weighted by molar-refractivity contribution is 5.87. The third-order valence-electron chi connectivity index (χ3n) is 7.47. The summed E-state index contributed by atoms with van der Waals surface area (Å²) in [6.07, 6.45) is 9.15. The Morgan fingerprint density at radius 1 is 1.00 bits per heavy atom. The van der Waals surface area contributed by atoms with Gasteiger partial charge in [0.15, 0.2) is 17.0 Å². The van der Waals surface area contributed by atoms with Gasteiger partial charge in [-0.25, -0.2) is 4.98 Å². The normalized spacial score (nSPS) is 18.3. The van der Waals surface area contributed by atoms with Gasteiger partial charge in [0.25, 0.3) is 0 Å². The second-order valence-electron chi connectivity index (χ2n) is 10.0. The van der Waals surface area contributed by atoms with E-state index in [2.05, 4.69) is 68.2 Å². The zero-order valence-corrected chi connectivity index (χ0v) is 21.6. The van der Waals surface area contributed by atoms with Gasteiger partial charge >= 0.3 is 0 Å². The Kier molecular flexibility index (Phi) is 7.55. The SMILES string of the molecule is C=CC(N)=O.CN1CCN(c2ccc(Nc3nc(N4CCCC4)nc4c3ncn4C3CCC3)cc2)CC1. The zero-order valence-electron chi connectivity index (χ0n) is 21.6. The van der Waals surface area contributed by atoms with Gasteiger partial charge in [0, 0.05) is 56.7 Å². The average molecular weight is 504 g/mol. The molecule has 1 amide bonds. The highest BCUT2D eigenvalue weighted by Crippen LogP contribution is 2.36. The molecule has 2 aromatic heterocycles. The molecule has 6 rings (SSSR count). The number of hydrogen-bond acceptors (Lipinski definition) is 8. The van der Waals surface area contributed by atoms with Crippen LogP contribution in [0.4, 0.5) is 23.1 Å². The number of primary amides is 1. The molecule has 10 nitrogen and oxygen atoms in total. The predicted octanol–water partition coefficient (Wildman–Crippen LogP) is 3.30. The van der Waals surface area contributed by atoms with Crippen molar-refractivity contribution in [2.24, 2.45) is 5.73 Å². The first-order chi connectivity index (χ1) is 18.0. The number of carbonyl (C=O) groups excluding carboxylic acids is 1. The fourth-order valence-electron chi connectivity index (χ4n) is 4.94. The fraction of sp³-hybridized carbons (Fsp3) is 0.481. The Labute approximate surface area is 218 Å². The highest BCUT2D eigenvalue weighted by Gasteiger charge is 2.25. The van der Waals surface area contributed by atoms with Crippen molar-refractivity contribution in [3.05, 3.63) is 43.2 Å². The Hall–Kier alpha value is -3.66. The molecule has 3 fully saturated rings. The summed E-state index contributed by atoms with van der Waals surface area (Å²) in [5, 5.41) is 3.56. The Balaban J connectivity index is 0.000000514. The van der Waals surface area contributed by atoms with Gasteiger partial charge in [-0.3, -0.25) is 4.79 Å². The lowest BCUT2D eigenvalue weighted by Gasteiger charge is -2.34. The number of nitrogens with zero attached hydrogens (tertiary/aromatic N) is 7. The smallest absolute Gasteiger partial charge is 0.240 e. The number of nitrogens with two attached hydrogens (primary N) is 1. The average Bonchev–Trinajstić information content (AvgIpc) is 3.56. The topological polar surface area (TPSA) is 108 Å². The summed E-state index contributed by atoms with van der Waals surface area (Å²) in [4.78, 5) is 31.2. The number of benzene rings is 1. The Morgan fingerprint density at radius 2 is 1.68 bits per heavy atom. The minimum atomic E-state index is -0.481. The zero-order chi connectivity index (χ0) is 25.8. The van der Waals surface area contributed by atoms with E-state index in [0.29, 0.717) is 6.04 Å². The van der Waals surface area contributed by atoms with Crippen molar-refractivity contribution in [2.45, 2.75) is 38.1 Å². The van der Waals surface area contributed by atoms with Crippen molar-refractivity contribution in [1.29, 1.82) is 0 Å². The van der Waals surface area contributed by atoms with Crippen LogP contribution in [-0.4, -0.2) is 76.6 Å². The molecule has 0 atom stereocenters. The van der Waals surface area contributed by atoms with Gasteiger partial charge in [-0.2, -0.15) is 9.97 Å². The van der Waals surface area contributed by atoms with Crippen LogP contribution in [0.15, 0.2) is 43.2 Å². The molecule has 1 saturated carbocycles. The van der Waals surface area contributed by atoms with E-state index < -0.39 is 5.91 Å². The molecule has 0 spiro atoms. The second-order valence-corrected chi connectivity index (χ2v) is 10.0. The number of nitrogens with one attached hydrogen (secondary N) is 1. The molecule has 2 aliphatic heterocycles. The van der Waals surface area contributed by atoms with E-state index in [-0.39, 0.29) is 0 Å². The van der Waals surface area contributed by atoms with Crippen LogP contribution in [0.25, 0.3) is 11.2 Å². The summed E-state index contributed by atoms with van der Waals surface area (Å²) in [5.74, 6) is 1.15. The monoisotopic (exact) mass is 503 g/mol.